The third-order valence-electron chi connectivity index (χ3n) is 3.90. The summed E-state index contributed by atoms with van der Waals surface area (Å²) in [5.74, 6) is -0.341. The Labute approximate surface area is 154 Å². The smallest absolute Gasteiger partial charge is 0.265 e. The molecule has 0 radical (unpaired) electrons. The first-order chi connectivity index (χ1) is 12.2. The van der Waals surface area contributed by atoms with Crippen LogP contribution in [0.2, 0.25) is 5.02 Å². The van der Waals surface area contributed by atoms with E-state index in [0.29, 0.717) is 21.2 Å². The van der Waals surface area contributed by atoms with Crippen LogP contribution < -0.4 is 5.32 Å². The Bertz CT molecular complexity index is 854. The quantitative estimate of drug-likeness (QED) is 0.632. The number of aryl methyl sites for hydroxylation is 1. The zero-order chi connectivity index (χ0) is 17.6. The van der Waals surface area contributed by atoms with E-state index in [4.69, 9.17) is 16.4 Å². The summed E-state index contributed by atoms with van der Waals surface area (Å²) in [7, 11) is 0. The van der Waals surface area contributed by atoms with E-state index >= 15 is 0 Å². The minimum atomic E-state index is -0.341. The minimum Gasteiger partial charge on any atom is -0.386 e. The molecule has 0 saturated carbocycles. The Balaban J connectivity index is 1.57. The Hall–Kier alpha value is -2.36. The Morgan fingerprint density at radius 1 is 1.40 bits per heavy atom. The molecule has 0 atom stereocenters. The number of hydrogen-bond donors (Lipinski definition) is 1. The van der Waals surface area contributed by atoms with E-state index in [1.165, 1.54) is 22.4 Å². The van der Waals surface area contributed by atoms with E-state index in [1.807, 2.05) is 12.1 Å². The summed E-state index contributed by atoms with van der Waals surface area (Å²) in [5.41, 5.74) is 2.39. The number of carbonyl (C=O) groups is 1. The first kappa shape index (κ1) is 17.5. The number of anilines is 1. The Morgan fingerprint density at radius 3 is 3.00 bits per heavy atom. The number of oxime groups is 1. The summed E-state index contributed by atoms with van der Waals surface area (Å²) >= 11 is 7.49. The van der Waals surface area contributed by atoms with Gasteiger partial charge in [-0.1, -0.05) is 35.0 Å². The van der Waals surface area contributed by atoms with Crippen molar-refractivity contribution < 1.29 is 9.63 Å². The maximum atomic E-state index is 12.0. The highest BCUT2D eigenvalue weighted by Crippen LogP contribution is 2.37. The summed E-state index contributed by atoms with van der Waals surface area (Å²) in [6.45, 7) is -0.228. The van der Waals surface area contributed by atoms with Crippen LogP contribution in [0.25, 0.3) is 0 Å². The molecule has 1 amide bonds. The van der Waals surface area contributed by atoms with E-state index in [9.17, 15) is 10.1 Å². The molecule has 1 aromatic carbocycles. The van der Waals surface area contributed by atoms with Gasteiger partial charge in [-0.15, -0.1) is 11.3 Å². The standard InChI is InChI=1S/C18H16ClN3O2S/c19-15-7-3-1-5-12(15)10-21-24-11-17(23)22-18-14(9-20)13-6-2-4-8-16(13)25-18/h1,3,5,7,10H,2,4,6,8,11H2,(H,22,23)/b21-10-. The fourth-order valence-corrected chi connectivity index (χ4v) is 4.15. The number of nitriles is 1. The van der Waals surface area contributed by atoms with Crippen LogP contribution in [0.5, 0.6) is 0 Å². The van der Waals surface area contributed by atoms with Crippen LogP contribution in [0, 0.1) is 11.3 Å². The van der Waals surface area contributed by atoms with Gasteiger partial charge >= 0.3 is 0 Å². The van der Waals surface area contributed by atoms with Gasteiger partial charge in [0.2, 0.25) is 0 Å². The maximum absolute atomic E-state index is 12.0. The highest BCUT2D eigenvalue weighted by molar-refractivity contribution is 7.16. The van der Waals surface area contributed by atoms with Crippen LogP contribution in [-0.2, 0) is 22.5 Å². The van der Waals surface area contributed by atoms with E-state index < -0.39 is 0 Å². The SMILES string of the molecule is N#Cc1c(NC(=O)CO/N=C\c2ccccc2Cl)sc2c1CCCC2. The highest BCUT2D eigenvalue weighted by Gasteiger charge is 2.21. The average molecular weight is 374 g/mol. The summed E-state index contributed by atoms with van der Waals surface area (Å²) in [6.07, 6.45) is 5.56. The zero-order valence-corrected chi connectivity index (χ0v) is 15.0. The second-order valence-electron chi connectivity index (χ2n) is 5.60. The van der Waals surface area contributed by atoms with Crippen molar-refractivity contribution >= 4 is 40.1 Å². The van der Waals surface area contributed by atoms with Gasteiger partial charge in [-0.05, 0) is 37.3 Å². The van der Waals surface area contributed by atoms with Crippen molar-refractivity contribution in [3.63, 3.8) is 0 Å². The van der Waals surface area contributed by atoms with Crippen molar-refractivity contribution in [2.24, 2.45) is 5.16 Å². The molecule has 1 heterocycles. The van der Waals surface area contributed by atoms with Crippen molar-refractivity contribution in [2.75, 3.05) is 11.9 Å². The predicted octanol–water partition coefficient (Wildman–Crippen LogP) is 4.14. The molecule has 0 saturated heterocycles. The van der Waals surface area contributed by atoms with Gasteiger partial charge in [0.25, 0.3) is 5.91 Å². The molecular formula is C18H16ClN3O2S. The average Bonchev–Trinajstić information content (AvgIpc) is 2.97. The van der Waals surface area contributed by atoms with Crippen LogP contribution >= 0.6 is 22.9 Å². The second-order valence-corrected chi connectivity index (χ2v) is 7.12. The zero-order valence-electron chi connectivity index (χ0n) is 13.4. The van der Waals surface area contributed by atoms with Gasteiger partial charge in [-0.2, -0.15) is 5.26 Å². The molecule has 1 aliphatic rings. The van der Waals surface area contributed by atoms with Crippen molar-refractivity contribution in [3.8, 4) is 6.07 Å². The van der Waals surface area contributed by atoms with Gasteiger partial charge in [0.05, 0.1) is 11.8 Å². The first-order valence-corrected chi connectivity index (χ1v) is 9.13. The lowest BCUT2D eigenvalue weighted by Crippen LogP contribution is -2.17. The number of halogens is 1. The number of amides is 1. The van der Waals surface area contributed by atoms with Gasteiger partial charge in [0, 0.05) is 15.5 Å². The molecule has 5 nitrogen and oxygen atoms in total. The number of fused-ring (bicyclic) bond motifs is 1. The molecule has 25 heavy (non-hydrogen) atoms. The maximum Gasteiger partial charge on any atom is 0.265 e. The normalized spacial score (nSPS) is 13.3. The van der Waals surface area contributed by atoms with Crippen LogP contribution in [0.1, 0.15) is 34.4 Å². The summed E-state index contributed by atoms with van der Waals surface area (Å²) < 4.78 is 0. The monoisotopic (exact) mass is 373 g/mol. The summed E-state index contributed by atoms with van der Waals surface area (Å²) in [6, 6.07) is 9.41. The van der Waals surface area contributed by atoms with E-state index in [1.54, 1.807) is 12.1 Å². The fourth-order valence-electron chi connectivity index (χ4n) is 2.70. The number of nitrogens with zero attached hydrogens (tertiary/aromatic N) is 2. The molecule has 3 rings (SSSR count). The van der Waals surface area contributed by atoms with Gasteiger partial charge in [0.15, 0.2) is 6.61 Å². The minimum absolute atomic E-state index is 0.228. The molecule has 1 aliphatic carbocycles. The van der Waals surface area contributed by atoms with Gasteiger partial charge in [-0.3, -0.25) is 4.79 Å². The number of nitrogens with one attached hydrogen (secondary N) is 1. The van der Waals surface area contributed by atoms with Crippen LogP contribution in [0.4, 0.5) is 5.00 Å². The van der Waals surface area contributed by atoms with E-state index in [0.717, 1.165) is 31.2 Å². The lowest BCUT2D eigenvalue weighted by atomic mass is 9.96. The first-order valence-electron chi connectivity index (χ1n) is 7.93. The molecule has 1 aromatic heterocycles. The largest absolute Gasteiger partial charge is 0.386 e. The van der Waals surface area contributed by atoms with Crippen LogP contribution in [-0.4, -0.2) is 18.7 Å². The van der Waals surface area contributed by atoms with Crippen molar-refractivity contribution in [1.29, 1.82) is 5.26 Å². The summed E-state index contributed by atoms with van der Waals surface area (Å²) in [5, 5.41) is 17.1. The van der Waals surface area contributed by atoms with Gasteiger partial charge in [-0.25, -0.2) is 0 Å². The van der Waals surface area contributed by atoms with E-state index in [-0.39, 0.29) is 12.5 Å². The molecular weight excluding hydrogens is 358 g/mol. The number of thiophene rings is 1. The van der Waals surface area contributed by atoms with E-state index in [2.05, 4.69) is 16.5 Å². The Morgan fingerprint density at radius 2 is 2.20 bits per heavy atom. The molecule has 0 bridgehead atoms. The molecule has 0 fully saturated rings. The molecule has 2 aromatic rings. The predicted molar refractivity (Wildman–Crippen MR) is 99.3 cm³/mol. The Kier molecular flexibility index (Phi) is 5.69. The third kappa shape index (κ3) is 4.19. The molecule has 7 heteroatoms. The molecule has 0 aliphatic heterocycles. The lowest BCUT2D eigenvalue weighted by molar-refractivity contribution is -0.120. The summed E-state index contributed by atoms with van der Waals surface area (Å²) in [4.78, 5) is 18.3. The molecule has 128 valence electrons. The fraction of sp³-hybridized carbons (Fsp3) is 0.278. The topological polar surface area (TPSA) is 74.5 Å². The van der Waals surface area contributed by atoms with Crippen molar-refractivity contribution in [2.45, 2.75) is 25.7 Å². The number of carbonyl (C=O) groups excluding carboxylic acids is 1. The van der Waals surface area contributed by atoms with Crippen LogP contribution in [0.15, 0.2) is 29.4 Å². The van der Waals surface area contributed by atoms with Crippen molar-refractivity contribution in [3.05, 3.63) is 50.9 Å². The van der Waals surface area contributed by atoms with Crippen molar-refractivity contribution in [1.82, 2.24) is 0 Å². The molecule has 0 unspecified atom stereocenters. The molecule has 0 spiro atoms. The number of benzene rings is 1. The third-order valence-corrected chi connectivity index (χ3v) is 5.45. The lowest BCUT2D eigenvalue weighted by Gasteiger charge is -2.09. The molecule has 1 N–H and O–H groups in total. The number of hydrogen-bond acceptors (Lipinski definition) is 5. The second kappa shape index (κ2) is 8.15. The van der Waals surface area contributed by atoms with Gasteiger partial charge in [0.1, 0.15) is 11.1 Å². The van der Waals surface area contributed by atoms with Gasteiger partial charge < -0.3 is 10.2 Å². The van der Waals surface area contributed by atoms with Crippen LogP contribution in [0.3, 0.4) is 0 Å². The number of rotatable bonds is 5. The highest BCUT2D eigenvalue weighted by atomic mass is 35.5.